The molecular weight excluding hydrogens is 320 g/mol. The number of nitrogens with one attached hydrogen (secondary N) is 3. The number of hydrogen-bond acceptors (Lipinski definition) is 4. The summed E-state index contributed by atoms with van der Waals surface area (Å²) in [6.07, 6.45) is 1.96. The molecule has 0 unspecified atom stereocenters. The summed E-state index contributed by atoms with van der Waals surface area (Å²) >= 11 is 0. The summed E-state index contributed by atoms with van der Waals surface area (Å²) in [6.45, 7) is 8.82. The number of pyridine rings is 1. The summed E-state index contributed by atoms with van der Waals surface area (Å²) in [5.41, 5.74) is 1.35. The number of piperidine rings is 1. The van der Waals surface area contributed by atoms with E-state index in [0.29, 0.717) is 16.8 Å². The van der Waals surface area contributed by atoms with Crippen LogP contribution in [-0.4, -0.2) is 41.6 Å². The normalized spacial score (nSPS) is 17.4. The molecule has 25 heavy (non-hydrogen) atoms. The number of amides is 2. The second-order valence-electron chi connectivity index (χ2n) is 6.95. The molecule has 1 fully saturated rings. The highest BCUT2D eigenvalue weighted by Crippen LogP contribution is 2.13. The first-order valence-electron chi connectivity index (χ1n) is 8.81. The van der Waals surface area contributed by atoms with Crippen molar-refractivity contribution in [3.63, 3.8) is 0 Å². The quantitative estimate of drug-likeness (QED) is 0.721. The minimum absolute atomic E-state index is 0.00414. The van der Waals surface area contributed by atoms with E-state index < -0.39 is 0 Å². The maximum atomic E-state index is 12.7. The van der Waals surface area contributed by atoms with Gasteiger partial charge in [-0.2, -0.15) is 0 Å². The number of nitrogens with zero attached hydrogens (tertiary/aromatic N) is 1. The first kappa shape index (κ1) is 19.2. The van der Waals surface area contributed by atoms with Crippen molar-refractivity contribution in [1.82, 2.24) is 20.5 Å². The van der Waals surface area contributed by atoms with Crippen LogP contribution in [0.1, 0.15) is 48.3 Å². The van der Waals surface area contributed by atoms with Gasteiger partial charge in [-0.1, -0.05) is 0 Å². The highest BCUT2D eigenvalue weighted by Gasteiger charge is 2.21. The Bertz CT molecular complexity index is 703. The maximum absolute atomic E-state index is 12.7. The number of rotatable bonds is 5. The molecular formula is C18H28N4O3. The van der Waals surface area contributed by atoms with Gasteiger partial charge in [0.05, 0.1) is 5.56 Å². The molecule has 1 atom stereocenters. The summed E-state index contributed by atoms with van der Waals surface area (Å²) in [7, 11) is 0. The largest absolute Gasteiger partial charge is 0.352 e. The monoisotopic (exact) mass is 348 g/mol. The van der Waals surface area contributed by atoms with Crippen molar-refractivity contribution in [2.24, 2.45) is 0 Å². The van der Waals surface area contributed by atoms with E-state index in [2.05, 4.69) is 16.0 Å². The van der Waals surface area contributed by atoms with Gasteiger partial charge in [0.2, 0.25) is 5.91 Å². The minimum atomic E-state index is -0.273. The van der Waals surface area contributed by atoms with E-state index >= 15 is 0 Å². The molecule has 1 aromatic rings. The SMILES string of the molecule is Cc1cc(=O)n(CC(=O)NC(C)C)c(C)c1C(=O)N[C@H]1CCCNC1. The van der Waals surface area contributed by atoms with E-state index in [9.17, 15) is 14.4 Å². The van der Waals surface area contributed by atoms with E-state index in [4.69, 9.17) is 0 Å². The van der Waals surface area contributed by atoms with E-state index in [1.807, 2.05) is 13.8 Å². The molecule has 1 aliphatic rings. The van der Waals surface area contributed by atoms with Gasteiger partial charge in [-0.05, 0) is 52.6 Å². The highest BCUT2D eigenvalue weighted by molar-refractivity contribution is 5.97. The molecule has 1 aliphatic heterocycles. The predicted octanol–water partition coefficient (Wildman–Crippen LogP) is 0.472. The molecule has 0 aromatic carbocycles. The van der Waals surface area contributed by atoms with Gasteiger partial charge in [0.25, 0.3) is 11.5 Å². The average Bonchev–Trinajstić information content (AvgIpc) is 2.51. The van der Waals surface area contributed by atoms with Crippen LogP contribution in [0, 0.1) is 13.8 Å². The third-order valence-electron chi connectivity index (χ3n) is 4.38. The number of hydrogen-bond donors (Lipinski definition) is 3. The van der Waals surface area contributed by atoms with Gasteiger partial charge in [-0.3, -0.25) is 14.4 Å². The second-order valence-corrected chi connectivity index (χ2v) is 6.95. The Balaban J connectivity index is 2.25. The lowest BCUT2D eigenvalue weighted by molar-refractivity contribution is -0.122. The molecule has 0 spiro atoms. The fraction of sp³-hybridized carbons (Fsp3) is 0.611. The van der Waals surface area contributed by atoms with Crippen molar-refractivity contribution in [3.05, 3.63) is 33.2 Å². The van der Waals surface area contributed by atoms with Crippen LogP contribution in [0.3, 0.4) is 0 Å². The Labute approximate surface area is 148 Å². The van der Waals surface area contributed by atoms with Gasteiger partial charge in [-0.25, -0.2) is 0 Å². The summed E-state index contributed by atoms with van der Waals surface area (Å²) in [4.78, 5) is 37.0. The Morgan fingerprint density at radius 2 is 2.08 bits per heavy atom. The van der Waals surface area contributed by atoms with E-state index in [0.717, 1.165) is 25.9 Å². The zero-order chi connectivity index (χ0) is 18.6. The molecule has 7 heteroatoms. The summed E-state index contributed by atoms with van der Waals surface area (Å²) in [5, 5.41) is 9.06. The van der Waals surface area contributed by atoms with Crippen LogP contribution < -0.4 is 21.5 Å². The van der Waals surface area contributed by atoms with E-state index in [-0.39, 0.29) is 36.0 Å². The molecule has 0 aliphatic carbocycles. The molecule has 138 valence electrons. The second kappa shape index (κ2) is 8.29. The molecule has 0 saturated carbocycles. The zero-order valence-electron chi connectivity index (χ0n) is 15.4. The van der Waals surface area contributed by atoms with Gasteiger partial charge < -0.3 is 20.5 Å². The number of carbonyl (C=O) groups excluding carboxylic acids is 2. The van der Waals surface area contributed by atoms with Crippen LogP contribution >= 0.6 is 0 Å². The van der Waals surface area contributed by atoms with Crippen LogP contribution in [0.15, 0.2) is 10.9 Å². The summed E-state index contributed by atoms with van der Waals surface area (Å²) in [6, 6.07) is 1.50. The molecule has 0 radical (unpaired) electrons. The average molecular weight is 348 g/mol. The molecule has 2 amide bonds. The van der Waals surface area contributed by atoms with Crippen LogP contribution in [0.25, 0.3) is 0 Å². The Morgan fingerprint density at radius 1 is 1.36 bits per heavy atom. The van der Waals surface area contributed by atoms with Gasteiger partial charge in [0.1, 0.15) is 6.54 Å². The van der Waals surface area contributed by atoms with E-state index in [1.54, 1.807) is 13.8 Å². The number of aryl methyl sites for hydroxylation is 1. The van der Waals surface area contributed by atoms with Gasteiger partial charge in [0.15, 0.2) is 0 Å². The van der Waals surface area contributed by atoms with Crippen molar-refractivity contribution in [3.8, 4) is 0 Å². The van der Waals surface area contributed by atoms with Crippen LogP contribution in [0.5, 0.6) is 0 Å². The van der Waals surface area contributed by atoms with Crippen LogP contribution in [0.2, 0.25) is 0 Å². The smallest absolute Gasteiger partial charge is 0.253 e. The van der Waals surface area contributed by atoms with Crippen molar-refractivity contribution < 1.29 is 9.59 Å². The molecule has 1 saturated heterocycles. The van der Waals surface area contributed by atoms with Crippen molar-refractivity contribution in [1.29, 1.82) is 0 Å². The molecule has 3 N–H and O–H groups in total. The predicted molar refractivity (Wildman–Crippen MR) is 96.8 cm³/mol. The first-order chi connectivity index (χ1) is 11.8. The van der Waals surface area contributed by atoms with Crippen molar-refractivity contribution >= 4 is 11.8 Å². The molecule has 0 bridgehead atoms. The van der Waals surface area contributed by atoms with Gasteiger partial charge >= 0.3 is 0 Å². The molecule has 1 aromatic heterocycles. The van der Waals surface area contributed by atoms with Gasteiger partial charge in [0, 0.05) is 30.4 Å². The van der Waals surface area contributed by atoms with Crippen molar-refractivity contribution in [2.75, 3.05) is 13.1 Å². The lowest BCUT2D eigenvalue weighted by Gasteiger charge is -2.25. The zero-order valence-corrected chi connectivity index (χ0v) is 15.4. The molecule has 2 rings (SSSR count). The van der Waals surface area contributed by atoms with Crippen LogP contribution in [-0.2, 0) is 11.3 Å². The molecule has 7 nitrogen and oxygen atoms in total. The topological polar surface area (TPSA) is 92.2 Å². The lowest BCUT2D eigenvalue weighted by Crippen LogP contribution is -2.46. The first-order valence-corrected chi connectivity index (χ1v) is 8.81. The standard InChI is InChI=1S/C18H28N4O3/c1-11(2)20-15(23)10-22-13(4)17(12(3)8-16(22)24)18(25)21-14-6-5-7-19-9-14/h8,11,14,19H,5-7,9-10H2,1-4H3,(H,20,23)(H,21,25)/t14-/m0/s1. The van der Waals surface area contributed by atoms with E-state index in [1.165, 1.54) is 10.6 Å². The lowest BCUT2D eigenvalue weighted by atomic mass is 10.0. The minimum Gasteiger partial charge on any atom is -0.352 e. The fourth-order valence-corrected chi connectivity index (χ4v) is 3.20. The Morgan fingerprint density at radius 3 is 2.68 bits per heavy atom. The third-order valence-corrected chi connectivity index (χ3v) is 4.38. The van der Waals surface area contributed by atoms with Crippen molar-refractivity contribution in [2.45, 2.75) is 59.2 Å². The number of aromatic nitrogens is 1. The summed E-state index contributed by atoms with van der Waals surface area (Å²) in [5.74, 6) is -0.436. The Kier molecular flexibility index (Phi) is 6.36. The number of carbonyl (C=O) groups is 2. The Hall–Kier alpha value is -2.15. The van der Waals surface area contributed by atoms with Crippen LogP contribution in [0.4, 0.5) is 0 Å². The highest BCUT2D eigenvalue weighted by atomic mass is 16.2. The third kappa shape index (κ3) is 4.92. The van der Waals surface area contributed by atoms with Gasteiger partial charge in [-0.15, -0.1) is 0 Å². The summed E-state index contributed by atoms with van der Waals surface area (Å²) < 4.78 is 1.36. The fourth-order valence-electron chi connectivity index (χ4n) is 3.20. The maximum Gasteiger partial charge on any atom is 0.253 e. The molecule has 2 heterocycles.